The molecule has 0 bridgehead atoms. The van der Waals surface area contributed by atoms with Crippen LogP contribution in [0.15, 0.2) is 48.9 Å². The van der Waals surface area contributed by atoms with Gasteiger partial charge in [0.25, 0.3) is 0 Å². The smallest absolute Gasteiger partial charge is 0.164 e. The Hall–Kier alpha value is -2.32. The summed E-state index contributed by atoms with van der Waals surface area (Å²) in [6, 6.07) is 11.5. The van der Waals surface area contributed by atoms with Crippen molar-refractivity contribution in [2.24, 2.45) is 0 Å². The highest BCUT2D eigenvalue weighted by Crippen LogP contribution is 2.47. The number of aliphatic hydroxyl groups is 1. The number of aliphatic hydroxyl groups excluding tert-OH is 1. The summed E-state index contributed by atoms with van der Waals surface area (Å²) in [4.78, 5) is 8.70. The number of nitrogens with zero attached hydrogens (tertiary/aromatic N) is 3. The molecule has 28 heavy (non-hydrogen) atoms. The van der Waals surface area contributed by atoms with Gasteiger partial charge in [0.15, 0.2) is 12.0 Å². The average molecular weight is 381 g/mol. The van der Waals surface area contributed by atoms with Gasteiger partial charge in [0, 0.05) is 11.6 Å². The van der Waals surface area contributed by atoms with Crippen LogP contribution in [-0.2, 0) is 14.2 Å². The quantitative estimate of drug-likeness (QED) is 0.752. The van der Waals surface area contributed by atoms with Gasteiger partial charge in [-0.15, -0.1) is 0 Å². The van der Waals surface area contributed by atoms with Crippen molar-refractivity contribution >= 4 is 11.0 Å². The first-order chi connectivity index (χ1) is 13.4. The molecule has 2 saturated heterocycles. The molecule has 2 aliphatic rings. The maximum atomic E-state index is 11.0. The first-order valence-corrected chi connectivity index (χ1v) is 9.47. The van der Waals surface area contributed by atoms with Crippen LogP contribution in [-0.4, -0.2) is 43.7 Å². The molecule has 0 unspecified atom stereocenters. The van der Waals surface area contributed by atoms with Gasteiger partial charge in [-0.2, -0.15) is 0 Å². The predicted octanol–water partition coefficient (Wildman–Crippen LogP) is 2.89. The zero-order valence-electron chi connectivity index (χ0n) is 16.0. The predicted molar refractivity (Wildman–Crippen MR) is 101 cm³/mol. The number of aryl methyl sites for hydroxylation is 1. The van der Waals surface area contributed by atoms with Crippen LogP contribution in [0.25, 0.3) is 11.0 Å². The van der Waals surface area contributed by atoms with E-state index >= 15 is 0 Å². The fraction of sp³-hybridized carbons (Fsp3) is 0.429. The van der Waals surface area contributed by atoms with E-state index in [2.05, 4.69) is 9.97 Å². The molecule has 0 spiro atoms. The van der Waals surface area contributed by atoms with Gasteiger partial charge in [0.05, 0.1) is 5.69 Å². The monoisotopic (exact) mass is 381 g/mol. The van der Waals surface area contributed by atoms with E-state index in [9.17, 15) is 5.11 Å². The third-order valence-electron chi connectivity index (χ3n) is 5.50. The number of aromatic nitrogens is 3. The Labute approximate surface area is 162 Å². The van der Waals surface area contributed by atoms with Gasteiger partial charge < -0.3 is 23.9 Å². The Bertz CT molecular complexity index is 1000. The lowest BCUT2D eigenvalue weighted by atomic mass is 9.99. The minimum atomic E-state index is -0.825. The molecule has 7 nitrogen and oxygen atoms in total. The number of rotatable bonds is 3. The standard InChI is InChI=1S/C21H23N3O4/c1-12-14-9-10-24(19(14)23-11-22-12)20-18-17(27-21(2,3)28-18)16(26-20)15(25)13-7-5-4-6-8-13/h4-11,15-18,20,25H,1-3H3/t15-,16+,17+,18+,20+/m0/s1. The number of hydrogen-bond donors (Lipinski definition) is 1. The van der Waals surface area contributed by atoms with Crippen molar-refractivity contribution in [3.63, 3.8) is 0 Å². The van der Waals surface area contributed by atoms with Crippen molar-refractivity contribution in [2.75, 3.05) is 0 Å². The normalized spacial score (nSPS) is 29.9. The second-order valence-corrected chi connectivity index (χ2v) is 7.83. The summed E-state index contributed by atoms with van der Waals surface area (Å²) in [6.07, 6.45) is 0.892. The molecule has 2 aliphatic heterocycles. The van der Waals surface area contributed by atoms with Gasteiger partial charge in [-0.25, -0.2) is 9.97 Å². The Balaban J connectivity index is 1.55. The van der Waals surface area contributed by atoms with Crippen molar-refractivity contribution in [3.05, 3.63) is 60.2 Å². The second kappa shape index (κ2) is 6.35. The molecule has 3 aromatic rings. The minimum absolute atomic E-state index is 0.357. The number of hydrogen-bond acceptors (Lipinski definition) is 6. The van der Waals surface area contributed by atoms with E-state index in [-0.39, 0.29) is 6.10 Å². The molecule has 1 N–H and O–H groups in total. The molecule has 2 aromatic heterocycles. The lowest BCUT2D eigenvalue weighted by molar-refractivity contribution is -0.207. The van der Waals surface area contributed by atoms with Crippen LogP contribution in [0.3, 0.4) is 0 Å². The van der Waals surface area contributed by atoms with Gasteiger partial charge in [-0.1, -0.05) is 30.3 Å². The van der Waals surface area contributed by atoms with Crippen molar-refractivity contribution in [2.45, 2.75) is 57.2 Å². The van der Waals surface area contributed by atoms with Gasteiger partial charge in [-0.05, 0) is 32.4 Å². The van der Waals surface area contributed by atoms with Crippen LogP contribution in [0.2, 0.25) is 0 Å². The summed E-state index contributed by atoms with van der Waals surface area (Å²) >= 11 is 0. The van der Waals surface area contributed by atoms with Crippen LogP contribution >= 0.6 is 0 Å². The molecule has 4 heterocycles. The third kappa shape index (κ3) is 2.74. The molecule has 1 aromatic carbocycles. The van der Waals surface area contributed by atoms with Crippen molar-refractivity contribution in [1.82, 2.24) is 14.5 Å². The highest BCUT2D eigenvalue weighted by atomic mass is 16.8. The van der Waals surface area contributed by atoms with Crippen molar-refractivity contribution in [3.8, 4) is 0 Å². The minimum Gasteiger partial charge on any atom is -0.386 e. The highest BCUT2D eigenvalue weighted by Gasteiger charge is 2.57. The first-order valence-electron chi connectivity index (χ1n) is 9.47. The summed E-state index contributed by atoms with van der Waals surface area (Å²) in [7, 11) is 0. The number of fused-ring (bicyclic) bond motifs is 2. The van der Waals surface area contributed by atoms with E-state index < -0.39 is 30.3 Å². The number of benzene rings is 1. The Morgan fingerprint density at radius 1 is 1.07 bits per heavy atom. The second-order valence-electron chi connectivity index (χ2n) is 7.83. The lowest BCUT2D eigenvalue weighted by Crippen LogP contribution is -2.34. The molecule has 5 rings (SSSR count). The van der Waals surface area contributed by atoms with Gasteiger partial charge >= 0.3 is 0 Å². The molecular formula is C21H23N3O4. The van der Waals surface area contributed by atoms with Gasteiger partial charge in [-0.3, -0.25) is 0 Å². The zero-order chi connectivity index (χ0) is 19.5. The lowest BCUT2D eigenvalue weighted by Gasteiger charge is -2.27. The van der Waals surface area contributed by atoms with E-state index in [0.717, 1.165) is 22.3 Å². The van der Waals surface area contributed by atoms with Crippen LogP contribution in [0.1, 0.15) is 37.4 Å². The Kier molecular flexibility index (Phi) is 4.03. The van der Waals surface area contributed by atoms with Gasteiger partial charge in [0.1, 0.15) is 36.4 Å². The van der Waals surface area contributed by atoms with Crippen molar-refractivity contribution in [1.29, 1.82) is 0 Å². The maximum Gasteiger partial charge on any atom is 0.164 e. The number of ether oxygens (including phenoxy) is 3. The fourth-order valence-corrected chi connectivity index (χ4v) is 4.23. The maximum absolute atomic E-state index is 11.0. The fourth-order valence-electron chi connectivity index (χ4n) is 4.23. The topological polar surface area (TPSA) is 78.6 Å². The summed E-state index contributed by atoms with van der Waals surface area (Å²) in [6.45, 7) is 5.72. The van der Waals surface area contributed by atoms with Crippen LogP contribution in [0, 0.1) is 6.92 Å². The molecule has 0 radical (unpaired) electrons. The highest BCUT2D eigenvalue weighted by molar-refractivity contribution is 5.78. The van der Waals surface area contributed by atoms with E-state index in [4.69, 9.17) is 14.2 Å². The van der Waals surface area contributed by atoms with Crippen LogP contribution in [0.4, 0.5) is 0 Å². The molecule has 0 aliphatic carbocycles. The zero-order valence-corrected chi connectivity index (χ0v) is 16.0. The summed E-state index contributed by atoms with van der Waals surface area (Å²) in [5, 5.41) is 12.0. The molecular weight excluding hydrogens is 358 g/mol. The largest absolute Gasteiger partial charge is 0.386 e. The third-order valence-corrected chi connectivity index (χ3v) is 5.50. The Morgan fingerprint density at radius 2 is 1.82 bits per heavy atom. The molecule has 7 heteroatoms. The molecule has 0 saturated carbocycles. The SMILES string of the molecule is Cc1ncnc2c1ccn2[C@@H]1O[C@H]([C@@H](O)c2ccccc2)[C@H]2OC(C)(C)O[C@H]21. The summed E-state index contributed by atoms with van der Waals surface area (Å²) in [5.74, 6) is -0.750. The van der Waals surface area contributed by atoms with E-state index in [0.29, 0.717) is 0 Å². The van der Waals surface area contributed by atoms with Crippen LogP contribution in [0.5, 0.6) is 0 Å². The molecule has 146 valence electrons. The molecule has 0 amide bonds. The van der Waals surface area contributed by atoms with E-state index in [1.165, 1.54) is 0 Å². The van der Waals surface area contributed by atoms with Crippen molar-refractivity contribution < 1.29 is 19.3 Å². The first kappa shape index (κ1) is 17.8. The molecule has 2 fully saturated rings. The van der Waals surface area contributed by atoms with Gasteiger partial charge in [0.2, 0.25) is 0 Å². The summed E-state index contributed by atoms with van der Waals surface area (Å²) < 4.78 is 20.6. The van der Waals surface area contributed by atoms with E-state index in [1.54, 1.807) is 6.33 Å². The summed E-state index contributed by atoms with van der Waals surface area (Å²) in [5.41, 5.74) is 2.47. The molecule has 5 atom stereocenters. The van der Waals surface area contributed by atoms with E-state index in [1.807, 2.05) is 67.9 Å². The average Bonchev–Trinajstić information content (AvgIpc) is 3.33. The van der Waals surface area contributed by atoms with Crippen LogP contribution < -0.4 is 0 Å². The Morgan fingerprint density at radius 3 is 2.61 bits per heavy atom.